The highest BCUT2D eigenvalue weighted by molar-refractivity contribution is 9.09. The predicted octanol–water partition coefficient (Wildman–Crippen LogP) is 1.70. The second kappa shape index (κ2) is 5.71. The molecular formula is C10H18BrNO2. The lowest BCUT2D eigenvalue weighted by Crippen LogP contribution is -2.30. The molecule has 0 saturated heterocycles. The SMILES string of the molecule is COCCC1(CNC(=O)CCBr)CC1. The highest BCUT2D eigenvalue weighted by atomic mass is 79.9. The van der Waals surface area contributed by atoms with Crippen molar-refractivity contribution in [2.45, 2.75) is 25.7 Å². The molecule has 1 N–H and O–H groups in total. The summed E-state index contributed by atoms with van der Waals surface area (Å²) in [6.07, 6.45) is 4.09. The van der Waals surface area contributed by atoms with E-state index in [2.05, 4.69) is 21.2 Å². The van der Waals surface area contributed by atoms with Gasteiger partial charge in [-0.3, -0.25) is 4.79 Å². The van der Waals surface area contributed by atoms with Crippen molar-refractivity contribution in [3.05, 3.63) is 0 Å². The van der Waals surface area contributed by atoms with E-state index in [9.17, 15) is 4.79 Å². The summed E-state index contributed by atoms with van der Waals surface area (Å²) in [6.45, 7) is 1.62. The summed E-state index contributed by atoms with van der Waals surface area (Å²) in [5, 5.41) is 3.71. The lowest BCUT2D eigenvalue weighted by molar-refractivity contribution is -0.120. The van der Waals surface area contributed by atoms with Crippen LogP contribution in [0.2, 0.25) is 0 Å². The average molecular weight is 264 g/mol. The minimum atomic E-state index is 0.144. The monoisotopic (exact) mass is 263 g/mol. The molecule has 0 aliphatic heterocycles. The molecule has 0 aromatic carbocycles. The maximum atomic E-state index is 11.2. The molecule has 1 aliphatic rings. The molecule has 0 bridgehead atoms. The molecule has 1 saturated carbocycles. The topological polar surface area (TPSA) is 38.3 Å². The molecule has 1 rings (SSSR count). The summed E-state index contributed by atoms with van der Waals surface area (Å²) in [5.41, 5.74) is 0.359. The van der Waals surface area contributed by atoms with Gasteiger partial charge < -0.3 is 10.1 Å². The molecule has 82 valence electrons. The molecule has 14 heavy (non-hydrogen) atoms. The van der Waals surface area contributed by atoms with Crippen LogP contribution in [0.25, 0.3) is 0 Å². The van der Waals surface area contributed by atoms with Gasteiger partial charge in [0.2, 0.25) is 5.91 Å². The molecule has 0 spiro atoms. The number of hydrogen-bond acceptors (Lipinski definition) is 2. The summed E-state index contributed by atoms with van der Waals surface area (Å²) in [4.78, 5) is 11.2. The molecule has 0 unspecified atom stereocenters. The standard InChI is InChI=1S/C10H18BrNO2/c1-14-7-5-10(3-4-10)8-12-9(13)2-6-11/h2-8H2,1H3,(H,12,13). The van der Waals surface area contributed by atoms with Crippen LogP contribution in [0.15, 0.2) is 0 Å². The van der Waals surface area contributed by atoms with Crippen molar-refractivity contribution in [2.75, 3.05) is 25.6 Å². The van der Waals surface area contributed by atoms with Crippen LogP contribution in [0.1, 0.15) is 25.7 Å². The van der Waals surface area contributed by atoms with Gasteiger partial charge in [-0.25, -0.2) is 0 Å². The van der Waals surface area contributed by atoms with Gasteiger partial charge in [-0.2, -0.15) is 0 Å². The number of hydrogen-bond donors (Lipinski definition) is 1. The molecule has 0 radical (unpaired) electrons. The summed E-state index contributed by atoms with van der Waals surface area (Å²) in [7, 11) is 1.72. The molecule has 3 nitrogen and oxygen atoms in total. The van der Waals surface area contributed by atoms with Gasteiger partial charge in [0.25, 0.3) is 0 Å². The number of methoxy groups -OCH3 is 1. The van der Waals surface area contributed by atoms with E-state index in [0.717, 1.165) is 24.9 Å². The third-order valence-corrected chi connectivity index (χ3v) is 3.17. The van der Waals surface area contributed by atoms with Gasteiger partial charge >= 0.3 is 0 Å². The Balaban J connectivity index is 2.13. The van der Waals surface area contributed by atoms with Crippen LogP contribution in [-0.4, -0.2) is 31.5 Å². The molecule has 0 aromatic heterocycles. The van der Waals surface area contributed by atoms with Gasteiger partial charge in [0.05, 0.1) is 0 Å². The smallest absolute Gasteiger partial charge is 0.220 e. The van der Waals surface area contributed by atoms with E-state index in [1.54, 1.807) is 7.11 Å². The molecule has 0 heterocycles. The van der Waals surface area contributed by atoms with Crippen LogP contribution in [-0.2, 0) is 9.53 Å². The van der Waals surface area contributed by atoms with Gasteiger partial charge in [-0.05, 0) is 24.7 Å². The largest absolute Gasteiger partial charge is 0.385 e. The maximum Gasteiger partial charge on any atom is 0.220 e. The Morgan fingerprint density at radius 2 is 2.29 bits per heavy atom. The van der Waals surface area contributed by atoms with Gasteiger partial charge in [0.1, 0.15) is 0 Å². The van der Waals surface area contributed by atoms with Gasteiger partial charge in [0, 0.05) is 32.0 Å². The molecule has 0 aromatic rings. The Bertz CT molecular complexity index is 193. The second-order valence-electron chi connectivity index (χ2n) is 3.96. The number of amides is 1. The van der Waals surface area contributed by atoms with Crippen molar-refractivity contribution in [3.8, 4) is 0 Å². The van der Waals surface area contributed by atoms with Gasteiger partial charge in [-0.15, -0.1) is 0 Å². The zero-order valence-electron chi connectivity index (χ0n) is 8.64. The fourth-order valence-corrected chi connectivity index (χ4v) is 1.83. The first-order chi connectivity index (χ1) is 6.72. The maximum absolute atomic E-state index is 11.2. The Labute approximate surface area is 93.7 Å². The van der Waals surface area contributed by atoms with Crippen LogP contribution >= 0.6 is 15.9 Å². The third-order valence-electron chi connectivity index (χ3n) is 2.78. The van der Waals surface area contributed by atoms with Gasteiger partial charge in [0.15, 0.2) is 0 Å². The molecule has 0 atom stereocenters. The van der Waals surface area contributed by atoms with Crippen LogP contribution in [0.3, 0.4) is 0 Å². The third kappa shape index (κ3) is 3.96. The number of halogens is 1. The van der Waals surface area contributed by atoms with Crippen molar-refractivity contribution in [2.24, 2.45) is 5.41 Å². The minimum absolute atomic E-state index is 0.144. The van der Waals surface area contributed by atoms with Crippen LogP contribution < -0.4 is 5.32 Å². The normalized spacial score (nSPS) is 17.9. The van der Waals surface area contributed by atoms with Gasteiger partial charge in [-0.1, -0.05) is 15.9 Å². The predicted molar refractivity (Wildman–Crippen MR) is 59.6 cm³/mol. The lowest BCUT2D eigenvalue weighted by Gasteiger charge is -2.15. The first-order valence-electron chi connectivity index (χ1n) is 5.04. The molecule has 1 aliphatic carbocycles. The Morgan fingerprint density at radius 3 is 2.79 bits per heavy atom. The minimum Gasteiger partial charge on any atom is -0.385 e. The molecular weight excluding hydrogens is 246 g/mol. The van der Waals surface area contributed by atoms with E-state index in [1.807, 2.05) is 0 Å². The second-order valence-corrected chi connectivity index (χ2v) is 4.75. The number of rotatable bonds is 7. The number of carbonyl (C=O) groups is 1. The quantitative estimate of drug-likeness (QED) is 0.711. The molecule has 1 amide bonds. The van der Waals surface area contributed by atoms with Crippen LogP contribution in [0, 0.1) is 5.41 Å². The zero-order chi connectivity index (χ0) is 10.4. The van der Waals surface area contributed by atoms with E-state index in [0.29, 0.717) is 11.8 Å². The summed E-state index contributed by atoms with van der Waals surface area (Å²) < 4.78 is 5.05. The molecule has 4 heteroatoms. The van der Waals surface area contributed by atoms with Crippen LogP contribution in [0.5, 0.6) is 0 Å². The van der Waals surface area contributed by atoms with E-state index < -0.39 is 0 Å². The van der Waals surface area contributed by atoms with E-state index >= 15 is 0 Å². The number of nitrogens with one attached hydrogen (secondary N) is 1. The zero-order valence-corrected chi connectivity index (χ0v) is 10.2. The van der Waals surface area contributed by atoms with Crippen LogP contribution in [0.4, 0.5) is 0 Å². The summed E-state index contributed by atoms with van der Waals surface area (Å²) in [6, 6.07) is 0. The number of alkyl halides is 1. The number of ether oxygens (including phenoxy) is 1. The Morgan fingerprint density at radius 1 is 1.57 bits per heavy atom. The average Bonchev–Trinajstić information content (AvgIpc) is 2.93. The Kier molecular flexibility index (Phi) is 4.89. The van der Waals surface area contributed by atoms with E-state index in [4.69, 9.17) is 4.74 Å². The van der Waals surface area contributed by atoms with Crippen molar-refractivity contribution in [1.29, 1.82) is 0 Å². The first-order valence-corrected chi connectivity index (χ1v) is 6.16. The fraction of sp³-hybridized carbons (Fsp3) is 0.900. The lowest BCUT2D eigenvalue weighted by atomic mass is 10.0. The van der Waals surface area contributed by atoms with Crippen molar-refractivity contribution >= 4 is 21.8 Å². The summed E-state index contributed by atoms with van der Waals surface area (Å²) in [5.74, 6) is 0.144. The van der Waals surface area contributed by atoms with E-state index in [-0.39, 0.29) is 5.91 Å². The highest BCUT2D eigenvalue weighted by Crippen LogP contribution is 2.48. The van der Waals surface area contributed by atoms with E-state index in [1.165, 1.54) is 12.8 Å². The van der Waals surface area contributed by atoms with Crippen molar-refractivity contribution in [1.82, 2.24) is 5.32 Å². The highest BCUT2D eigenvalue weighted by Gasteiger charge is 2.41. The van der Waals surface area contributed by atoms with Crippen molar-refractivity contribution < 1.29 is 9.53 Å². The first kappa shape index (κ1) is 12.0. The fourth-order valence-electron chi connectivity index (χ4n) is 1.47. The summed E-state index contributed by atoms with van der Waals surface area (Å²) >= 11 is 3.25. The van der Waals surface area contributed by atoms with Crippen molar-refractivity contribution in [3.63, 3.8) is 0 Å². The Hall–Kier alpha value is -0.0900. The number of carbonyl (C=O) groups excluding carboxylic acids is 1. The molecule has 1 fully saturated rings.